The van der Waals surface area contributed by atoms with E-state index in [1.807, 2.05) is 61.0 Å². The first-order valence-electron chi connectivity index (χ1n) is 7.25. The molecule has 0 spiro atoms. The van der Waals surface area contributed by atoms with Crippen molar-refractivity contribution in [1.29, 1.82) is 0 Å². The molecule has 0 aliphatic rings. The van der Waals surface area contributed by atoms with E-state index in [1.54, 1.807) is 12.1 Å². The predicted molar refractivity (Wildman–Crippen MR) is 95.1 cm³/mol. The number of aryl methyl sites for hydroxylation is 1. The van der Waals surface area contributed by atoms with Crippen molar-refractivity contribution >= 4 is 27.5 Å². The summed E-state index contributed by atoms with van der Waals surface area (Å²) in [5, 5.41) is 7.51. The number of rotatable bonds is 3. The highest BCUT2D eigenvalue weighted by Gasteiger charge is 2.16. The number of hydrogen-bond donors (Lipinski definition) is 1. The molecule has 0 atom stereocenters. The summed E-state index contributed by atoms with van der Waals surface area (Å²) in [6, 6.07) is 17.2. The number of nitrogens with one attached hydrogen (secondary N) is 1. The van der Waals surface area contributed by atoms with Crippen molar-refractivity contribution in [3.05, 3.63) is 76.0 Å². The zero-order valence-corrected chi connectivity index (χ0v) is 14.5. The third-order valence-electron chi connectivity index (χ3n) is 3.62. The number of aromatic nitrogens is 2. The lowest BCUT2D eigenvalue weighted by Crippen LogP contribution is -2.13. The lowest BCUT2D eigenvalue weighted by Gasteiger charge is -2.07. The standard InChI is InChI=1S/C18H16BrN3O/c1-12-17(20-18(23)14-7-6-8-15(19)11-14)13(2)22(21-12)16-9-4-3-5-10-16/h3-11H,1-2H3,(H,20,23). The van der Waals surface area contributed by atoms with Crippen LogP contribution < -0.4 is 5.32 Å². The number of hydrogen-bond acceptors (Lipinski definition) is 2. The van der Waals surface area contributed by atoms with Crippen LogP contribution in [-0.4, -0.2) is 15.7 Å². The smallest absolute Gasteiger partial charge is 0.255 e. The van der Waals surface area contributed by atoms with E-state index in [2.05, 4.69) is 26.3 Å². The summed E-state index contributed by atoms with van der Waals surface area (Å²) >= 11 is 3.38. The fourth-order valence-electron chi connectivity index (χ4n) is 2.46. The molecule has 0 aliphatic carbocycles. The summed E-state index contributed by atoms with van der Waals surface area (Å²) in [6.45, 7) is 3.84. The highest BCUT2D eigenvalue weighted by molar-refractivity contribution is 9.10. The minimum Gasteiger partial charge on any atom is -0.319 e. The Kier molecular flexibility index (Phi) is 4.30. The van der Waals surface area contributed by atoms with E-state index in [9.17, 15) is 4.79 Å². The number of para-hydroxylation sites is 1. The lowest BCUT2D eigenvalue weighted by atomic mass is 10.2. The summed E-state index contributed by atoms with van der Waals surface area (Å²) in [4.78, 5) is 12.4. The van der Waals surface area contributed by atoms with Crippen molar-refractivity contribution in [3.63, 3.8) is 0 Å². The molecule has 2 aromatic carbocycles. The van der Waals surface area contributed by atoms with Gasteiger partial charge in [-0.3, -0.25) is 4.79 Å². The van der Waals surface area contributed by atoms with Crippen LogP contribution in [0.25, 0.3) is 5.69 Å². The lowest BCUT2D eigenvalue weighted by molar-refractivity contribution is 0.102. The topological polar surface area (TPSA) is 46.9 Å². The molecule has 0 bridgehead atoms. The Hall–Kier alpha value is -2.40. The molecule has 5 heteroatoms. The largest absolute Gasteiger partial charge is 0.319 e. The molecule has 0 radical (unpaired) electrons. The predicted octanol–water partition coefficient (Wildman–Crippen LogP) is 4.50. The maximum atomic E-state index is 12.4. The molecule has 3 rings (SSSR count). The van der Waals surface area contributed by atoms with Gasteiger partial charge in [0.05, 0.1) is 22.8 Å². The maximum Gasteiger partial charge on any atom is 0.255 e. The van der Waals surface area contributed by atoms with Crippen LogP contribution in [0.3, 0.4) is 0 Å². The van der Waals surface area contributed by atoms with E-state index in [-0.39, 0.29) is 5.91 Å². The number of carbonyl (C=O) groups is 1. The van der Waals surface area contributed by atoms with E-state index in [0.29, 0.717) is 5.56 Å². The molecule has 1 heterocycles. The van der Waals surface area contributed by atoms with Gasteiger partial charge in [-0.15, -0.1) is 0 Å². The van der Waals surface area contributed by atoms with Crippen LogP contribution in [-0.2, 0) is 0 Å². The van der Waals surface area contributed by atoms with Crippen molar-refractivity contribution in [2.75, 3.05) is 5.32 Å². The molecule has 0 unspecified atom stereocenters. The molecular weight excluding hydrogens is 354 g/mol. The number of nitrogens with zero attached hydrogens (tertiary/aromatic N) is 2. The highest BCUT2D eigenvalue weighted by Crippen LogP contribution is 2.23. The Labute approximate surface area is 143 Å². The summed E-state index contributed by atoms with van der Waals surface area (Å²) in [7, 11) is 0. The molecule has 0 saturated carbocycles. The quantitative estimate of drug-likeness (QED) is 0.738. The van der Waals surface area contributed by atoms with Gasteiger partial charge in [-0.1, -0.05) is 40.2 Å². The highest BCUT2D eigenvalue weighted by atomic mass is 79.9. The first kappa shape index (κ1) is 15.5. The normalized spacial score (nSPS) is 10.6. The Morgan fingerprint density at radius 3 is 2.52 bits per heavy atom. The summed E-state index contributed by atoms with van der Waals surface area (Å²) in [6.07, 6.45) is 0. The zero-order valence-electron chi connectivity index (χ0n) is 12.9. The molecule has 23 heavy (non-hydrogen) atoms. The molecule has 4 nitrogen and oxygen atoms in total. The van der Waals surface area contributed by atoms with Gasteiger partial charge >= 0.3 is 0 Å². The first-order chi connectivity index (χ1) is 11.1. The minimum atomic E-state index is -0.148. The number of benzene rings is 2. The van der Waals surface area contributed by atoms with Gasteiger partial charge in [0.25, 0.3) is 5.91 Å². The average Bonchev–Trinajstić information content (AvgIpc) is 2.84. The number of carbonyl (C=O) groups excluding carboxylic acids is 1. The van der Waals surface area contributed by atoms with E-state index < -0.39 is 0 Å². The number of halogens is 1. The van der Waals surface area contributed by atoms with Crippen molar-refractivity contribution in [2.24, 2.45) is 0 Å². The fraction of sp³-hybridized carbons (Fsp3) is 0.111. The summed E-state index contributed by atoms with van der Waals surface area (Å²) < 4.78 is 2.71. The molecule has 1 amide bonds. The Morgan fingerprint density at radius 1 is 1.09 bits per heavy atom. The van der Waals surface area contributed by atoms with Crippen molar-refractivity contribution in [1.82, 2.24) is 9.78 Å². The monoisotopic (exact) mass is 369 g/mol. The average molecular weight is 370 g/mol. The maximum absolute atomic E-state index is 12.4. The van der Waals surface area contributed by atoms with Gasteiger partial charge in [0.2, 0.25) is 0 Å². The van der Waals surface area contributed by atoms with Gasteiger partial charge in [0.1, 0.15) is 0 Å². The van der Waals surface area contributed by atoms with E-state index in [0.717, 1.165) is 27.2 Å². The molecule has 116 valence electrons. The third kappa shape index (κ3) is 3.19. The van der Waals surface area contributed by atoms with E-state index in [1.165, 1.54) is 0 Å². The Bertz CT molecular complexity index is 856. The fourth-order valence-corrected chi connectivity index (χ4v) is 2.86. The van der Waals surface area contributed by atoms with Crippen LogP contribution in [0.4, 0.5) is 5.69 Å². The van der Waals surface area contributed by atoms with Crippen LogP contribution in [0.2, 0.25) is 0 Å². The van der Waals surface area contributed by atoms with Crippen LogP contribution in [0.15, 0.2) is 59.1 Å². The van der Waals surface area contributed by atoms with E-state index >= 15 is 0 Å². The van der Waals surface area contributed by atoms with Crippen LogP contribution in [0.1, 0.15) is 21.7 Å². The SMILES string of the molecule is Cc1nn(-c2ccccc2)c(C)c1NC(=O)c1cccc(Br)c1. The zero-order chi connectivity index (χ0) is 16.4. The van der Waals surface area contributed by atoms with Crippen LogP contribution in [0.5, 0.6) is 0 Å². The van der Waals surface area contributed by atoms with Gasteiger partial charge < -0.3 is 5.32 Å². The van der Waals surface area contributed by atoms with E-state index in [4.69, 9.17) is 0 Å². The van der Waals surface area contributed by atoms with Gasteiger partial charge in [-0.25, -0.2) is 4.68 Å². The molecule has 1 N–H and O–H groups in total. The molecule has 1 aromatic heterocycles. The molecular formula is C18H16BrN3O. The molecule has 0 aliphatic heterocycles. The van der Waals surface area contributed by atoms with Crippen LogP contribution >= 0.6 is 15.9 Å². The second-order valence-electron chi connectivity index (χ2n) is 5.26. The van der Waals surface area contributed by atoms with Gasteiger partial charge in [0, 0.05) is 10.0 Å². The number of amides is 1. The Balaban J connectivity index is 1.92. The van der Waals surface area contributed by atoms with Gasteiger partial charge in [0.15, 0.2) is 0 Å². The Morgan fingerprint density at radius 2 is 1.83 bits per heavy atom. The third-order valence-corrected chi connectivity index (χ3v) is 4.11. The van der Waals surface area contributed by atoms with Crippen molar-refractivity contribution < 1.29 is 4.79 Å². The van der Waals surface area contributed by atoms with Crippen molar-refractivity contribution in [2.45, 2.75) is 13.8 Å². The minimum absolute atomic E-state index is 0.148. The van der Waals surface area contributed by atoms with Gasteiger partial charge in [-0.05, 0) is 44.2 Å². The number of anilines is 1. The summed E-state index contributed by atoms with van der Waals surface area (Å²) in [5.41, 5.74) is 4.01. The van der Waals surface area contributed by atoms with Crippen molar-refractivity contribution in [3.8, 4) is 5.69 Å². The molecule has 0 fully saturated rings. The molecule has 3 aromatic rings. The van der Waals surface area contributed by atoms with Crippen LogP contribution in [0, 0.1) is 13.8 Å². The second kappa shape index (κ2) is 6.38. The second-order valence-corrected chi connectivity index (χ2v) is 6.17. The first-order valence-corrected chi connectivity index (χ1v) is 8.04. The van der Waals surface area contributed by atoms with Gasteiger partial charge in [-0.2, -0.15) is 5.10 Å². The summed E-state index contributed by atoms with van der Waals surface area (Å²) in [5.74, 6) is -0.148. The molecule has 0 saturated heterocycles.